The first-order chi connectivity index (χ1) is 11.7. The van der Waals surface area contributed by atoms with Gasteiger partial charge in [0.25, 0.3) is 0 Å². The monoisotopic (exact) mass is 337 g/mol. The molecule has 1 amide bonds. The highest BCUT2D eigenvalue weighted by atomic mass is 16.5. The fraction of sp³-hybridized carbons (Fsp3) is 0.812. The zero-order valence-corrected chi connectivity index (χ0v) is 14.6. The number of likely N-dealkylation sites (tertiary alicyclic amines) is 1. The van der Waals surface area contributed by atoms with Crippen molar-refractivity contribution in [2.24, 2.45) is 0 Å². The van der Waals surface area contributed by atoms with E-state index in [-0.39, 0.29) is 11.8 Å². The van der Waals surface area contributed by atoms with Gasteiger partial charge in [0.15, 0.2) is 5.82 Å². The number of methoxy groups -OCH3 is 1. The predicted molar refractivity (Wildman–Crippen MR) is 87.5 cm³/mol. The van der Waals surface area contributed by atoms with Crippen LogP contribution in [0.3, 0.4) is 0 Å². The third-order valence-electron chi connectivity index (χ3n) is 4.86. The van der Waals surface area contributed by atoms with E-state index in [0.717, 1.165) is 45.0 Å². The molecule has 0 unspecified atom stereocenters. The average molecular weight is 337 g/mol. The van der Waals surface area contributed by atoms with E-state index in [1.54, 1.807) is 7.11 Å². The van der Waals surface area contributed by atoms with Crippen molar-refractivity contribution in [1.82, 2.24) is 24.8 Å². The van der Waals surface area contributed by atoms with Crippen molar-refractivity contribution in [1.29, 1.82) is 0 Å². The van der Waals surface area contributed by atoms with E-state index in [1.165, 1.54) is 0 Å². The summed E-state index contributed by atoms with van der Waals surface area (Å²) in [6.07, 6.45) is 1.31. The molecule has 3 rings (SSSR count). The Labute approximate surface area is 142 Å². The van der Waals surface area contributed by atoms with Gasteiger partial charge in [-0.3, -0.25) is 9.69 Å². The van der Waals surface area contributed by atoms with Gasteiger partial charge in [-0.15, -0.1) is 0 Å². The first-order valence-electron chi connectivity index (χ1n) is 8.66. The van der Waals surface area contributed by atoms with Crippen molar-refractivity contribution >= 4 is 5.91 Å². The van der Waals surface area contributed by atoms with Crippen LogP contribution in [0.15, 0.2) is 4.52 Å². The molecule has 0 N–H and O–H groups in total. The van der Waals surface area contributed by atoms with Crippen LogP contribution >= 0.6 is 0 Å². The van der Waals surface area contributed by atoms with Crippen molar-refractivity contribution in [3.8, 4) is 0 Å². The average Bonchev–Trinajstić information content (AvgIpc) is 3.05. The molecule has 2 saturated heterocycles. The Morgan fingerprint density at radius 1 is 1.29 bits per heavy atom. The standard InChI is InChI=1S/C16H27N5O3/c1-19-5-7-20(8-6-19)12-14-17-16(24-18-14)13-3-4-15(22)21(11-13)9-10-23-2/h13H,3-12H2,1-2H3/t13-/m1/s1. The van der Waals surface area contributed by atoms with Crippen LogP contribution in [0.5, 0.6) is 0 Å². The predicted octanol–water partition coefficient (Wildman–Crippen LogP) is 0.169. The maximum atomic E-state index is 12.0. The second-order valence-electron chi connectivity index (χ2n) is 6.70. The highest BCUT2D eigenvalue weighted by molar-refractivity contribution is 5.77. The molecule has 0 aliphatic carbocycles. The lowest BCUT2D eigenvalue weighted by molar-refractivity contribution is -0.134. The number of likely N-dealkylation sites (N-methyl/N-ethyl adjacent to an activating group) is 1. The van der Waals surface area contributed by atoms with E-state index in [4.69, 9.17) is 9.26 Å². The maximum Gasteiger partial charge on any atom is 0.231 e. The maximum absolute atomic E-state index is 12.0. The van der Waals surface area contributed by atoms with E-state index >= 15 is 0 Å². The van der Waals surface area contributed by atoms with Crippen molar-refractivity contribution in [3.63, 3.8) is 0 Å². The van der Waals surface area contributed by atoms with Gasteiger partial charge in [-0.1, -0.05) is 5.16 Å². The summed E-state index contributed by atoms with van der Waals surface area (Å²) in [5.41, 5.74) is 0. The Morgan fingerprint density at radius 2 is 2.08 bits per heavy atom. The molecular weight excluding hydrogens is 310 g/mol. The van der Waals surface area contributed by atoms with Crippen molar-refractivity contribution < 1.29 is 14.1 Å². The first-order valence-corrected chi connectivity index (χ1v) is 8.66. The Kier molecular flexibility index (Phi) is 5.80. The lowest BCUT2D eigenvalue weighted by Crippen LogP contribution is -2.44. The lowest BCUT2D eigenvalue weighted by atomic mass is 9.97. The molecule has 0 bridgehead atoms. The number of aromatic nitrogens is 2. The van der Waals surface area contributed by atoms with E-state index < -0.39 is 0 Å². The largest absolute Gasteiger partial charge is 0.383 e. The van der Waals surface area contributed by atoms with Gasteiger partial charge in [0.2, 0.25) is 11.8 Å². The summed E-state index contributed by atoms with van der Waals surface area (Å²) in [6.45, 7) is 6.75. The molecule has 1 aromatic rings. The number of ether oxygens (including phenoxy) is 1. The minimum absolute atomic E-state index is 0.133. The summed E-state index contributed by atoms with van der Waals surface area (Å²) in [6, 6.07) is 0. The van der Waals surface area contributed by atoms with Gasteiger partial charge in [-0.2, -0.15) is 4.98 Å². The second-order valence-corrected chi connectivity index (χ2v) is 6.70. The van der Waals surface area contributed by atoms with Crippen LogP contribution in [0.4, 0.5) is 0 Å². The van der Waals surface area contributed by atoms with E-state index in [0.29, 0.717) is 32.0 Å². The zero-order valence-electron chi connectivity index (χ0n) is 14.6. The minimum atomic E-state index is 0.133. The number of amides is 1. The molecule has 3 heterocycles. The number of piperazine rings is 1. The molecule has 2 aliphatic rings. The number of rotatable bonds is 6. The minimum Gasteiger partial charge on any atom is -0.383 e. The van der Waals surface area contributed by atoms with Crippen molar-refractivity contribution in [2.45, 2.75) is 25.3 Å². The number of hydrogen-bond donors (Lipinski definition) is 0. The summed E-state index contributed by atoms with van der Waals surface area (Å²) in [7, 11) is 3.79. The molecule has 0 aromatic carbocycles. The van der Waals surface area contributed by atoms with Gasteiger partial charge in [0.05, 0.1) is 19.1 Å². The smallest absolute Gasteiger partial charge is 0.231 e. The van der Waals surface area contributed by atoms with Crippen LogP contribution in [0.1, 0.15) is 30.5 Å². The van der Waals surface area contributed by atoms with Gasteiger partial charge in [-0.25, -0.2) is 0 Å². The second kappa shape index (κ2) is 8.04. The van der Waals surface area contributed by atoms with Crippen molar-refractivity contribution in [2.75, 3.05) is 60.0 Å². The van der Waals surface area contributed by atoms with E-state index in [2.05, 4.69) is 27.0 Å². The summed E-state index contributed by atoms with van der Waals surface area (Å²) in [5, 5.41) is 4.14. The molecule has 0 saturated carbocycles. The molecule has 8 nitrogen and oxygen atoms in total. The summed E-state index contributed by atoms with van der Waals surface area (Å²) in [5.74, 6) is 1.72. The van der Waals surface area contributed by atoms with Gasteiger partial charge in [0.1, 0.15) is 0 Å². The third kappa shape index (κ3) is 4.31. The fourth-order valence-corrected chi connectivity index (χ4v) is 3.24. The topological polar surface area (TPSA) is 74.9 Å². The molecule has 2 aliphatic heterocycles. The molecule has 1 aromatic heterocycles. The fourth-order valence-electron chi connectivity index (χ4n) is 3.24. The number of carbonyl (C=O) groups is 1. The van der Waals surface area contributed by atoms with Crippen LogP contribution in [0.25, 0.3) is 0 Å². The Balaban J connectivity index is 1.55. The molecule has 2 fully saturated rings. The Bertz CT molecular complexity index is 542. The van der Waals surface area contributed by atoms with Crippen LogP contribution in [0, 0.1) is 0 Å². The van der Waals surface area contributed by atoms with Crippen LogP contribution in [-0.2, 0) is 16.1 Å². The summed E-state index contributed by atoms with van der Waals surface area (Å²) in [4.78, 5) is 23.1. The van der Waals surface area contributed by atoms with Crippen LogP contribution in [-0.4, -0.2) is 90.8 Å². The number of carbonyl (C=O) groups excluding carboxylic acids is 1. The molecular formula is C16H27N5O3. The van der Waals surface area contributed by atoms with Gasteiger partial charge in [0, 0.05) is 52.8 Å². The summed E-state index contributed by atoms with van der Waals surface area (Å²) >= 11 is 0. The lowest BCUT2D eigenvalue weighted by Gasteiger charge is -2.31. The Morgan fingerprint density at radius 3 is 2.83 bits per heavy atom. The number of nitrogens with zero attached hydrogens (tertiary/aromatic N) is 5. The van der Waals surface area contributed by atoms with Gasteiger partial charge in [-0.05, 0) is 13.5 Å². The molecule has 8 heteroatoms. The molecule has 134 valence electrons. The Hall–Kier alpha value is -1.51. The molecule has 1 atom stereocenters. The summed E-state index contributed by atoms with van der Waals surface area (Å²) < 4.78 is 10.6. The first kappa shape index (κ1) is 17.3. The highest BCUT2D eigenvalue weighted by Crippen LogP contribution is 2.26. The number of piperidine rings is 1. The van der Waals surface area contributed by atoms with E-state index in [9.17, 15) is 4.79 Å². The van der Waals surface area contributed by atoms with Gasteiger partial charge >= 0.3 is 0 Å². The third-order valence-corrected chi connectivity index (χ3v) is 4.86. The van der Waals surface area contributed by atoms with Crippen molar-refractivity contribution in [3.05, 3.63) is 11.7 Å². The normalized spacial score (nSPS) is 23.8. The quantitative estimate of drug-likeness (QED) is 0.732. The molecule has 0 spiro atoms. The molecule has 0 radical (unpaired) electrons. The number of hydrogen-bond acceptors (Lipinski definition) is 7. The zero-order chi connectivity index (χ0) is 16.9. The molecule has 24 heavy (non-hydrogen) atoms. The van der Waals surface area contributed by atoms with Gasteiger partial charge < -0.3 is 19.1 Å². The van der Waals surface area contributed by atoms with Crippen LogP contribution < -0.4 is 0 Å². The SMILES string of the molecule is COCCN1C[C@H](c2nc(CN3CCN(C)CC3)no2)CCC1=O. The highest BCUT2D eigenvalue weighted by Gasteiger charge is 2.30. The van der Waals surface area contributed by atoms with Crippen LogP contribution in [0.2, 0.25) is 0 Å². The van der Waals surface area contributed by atoms with E-state index in [1.807, 2.05) is 4.90 Å².